The first-order chi connectivity index (χ1) is 21.3. The second-order valence-electron chi connectivity index (χ2n) is 10.2. The maximum Gasteiger partial charge on any atom is 0.264 e. The van der Waals surface area contributed by atoms with Gasteiger partial charge in [0.05, 0.1) is 47.5 Å². The van der Waals surface area contributed by atoms with Gasteiger partial charge < -0.3 is 15.2 Å². The van der Waals surface area contributed by atoms with Crippen LogP contribution in [0.5, 0.6) is 11.5 Å². The Kier molecular flexibility index (Phi) is 10.8. The molecule has 15 heteroatoms. The van der Waals surface area contributed by atoms with Crippen LogP contribution < -0.4 is 15.2 Å². The van der Waals surface area contributed by atoms with Gasteiger partial charge >= 0.3 is 0 Å². The Morgan fingerprint density at radius 3 is 1.82 bits per heavy atom. The maximum atomic E-state index is 11.2. The summed E-state index contributed by atoms with van der Waals surface area (Å²) in [6.07, 6.45) is 0.0949. The third-order valence-corrected chi connectivity index (χ3v) is 8.10. The molecule has 0 saturated carbocycles. The van der Waals surface area contributed by atoms with Crippen molar-refractivity contribution in [2.45, 2.75) is 26.7 Å². The molecule has 0 atom stereocenters. The number of nitrogens with two attached hydrogens (primary N) is 1. The Labute approximate surface area is 261 Å². The number of hydrogen-bond acceptors (Lipinski definition) is 11. The Balaban J connectivity index is 1.60. The van der Waals surface area contributed by atoms with Gasteiger partial charge in [0.25, 0.3) is 20.2 Å². The predicted molar refractivity (Wildman–Crippen MR) is 172 cm³/mol. The van der Waals surface area contributed by atoms with Gasteiger partial charge in [-0.25, -0.2) is 0 Å². The van der Waals surface area contributed by atoms with Crippen LogP contribution >= 0.6 is 0 Å². The summed E-state index contributed by atoms with van der Waals surface area (Å²) >= 11 is 0. The second kappa shape index (κ2) is 14.6. The van der Waals surface area contributed by atoms with Gasteiger partial charge in [-0.2, -0.15) is 32.2 Å². The predicted octanol–water partition coefficient (Wildman–Crippen LogP) is 7.18. The normalized spacial score (nSPS) is 12.4. The molecule has 0 aliphatic heterocycles. The van der Waals surface area contributed by atoms with Crippen LogP contribution in [-0.4, -0.2) is 50.7 Å². The number of nitrogens with zero attached hydrogens (tertiary/aromatic N) is 4. The third kappa shape index (κ3) is 10.3. The summed E-state index contributed by atoms with van der Waals surface area (Å²) in [4.78, 5) is 0. The number of anilines is 1. The molecule has 0 aromatic heterocycles. The van der Waals surface area contributed by atoms with Gasteiger partial charge in [-0.1, -0.05) is 30.3 Å². The van der Waals surface area contributed by atoms with Gasteiger partial charge in [0.2, 0.25) is 0 Å². The van der Waals surface area contributed by atoms with Crippen molar-refractivity contribution in [1.82, 2.24) is 0 Å². The highest BCUT2D eigenvalue weighted by Crippen LogP contribution is 2.38. The molecule has 45 heavy (non-hydrogen) atoms. The molecule has 0 bridgehead atoms. The molecule has 238 valence electrons. The van der Waals surface area contributed by atoms with Crippen molar-refractivity contribution in [3.05, 3.63) is 77.9 Å². The first-order valence-corrected chi connectivity index (χ1v) is 17.0. The lowest BCUT2D eigenvalue weighted by Gasteiger charge is -2.12. The number of ether oxygens (including phenoxy) is 2. The summed E-state index contributed by atoms with van der Waals surface area (Å²) in [5.41, 5.74) is 9.68. The third-order valence-electron chi connectivity index (χ3n) is 6.49. The van der Waals surface area contributed by atoms with Crippen molar-refractivity contribution in [3.63, 3.8) is 0 Å². The van der Waals surface area contributed by atoms with Crippen LogP contribution in [0.2, 0.25) is 0 Å². The summed E-state index contributed by atoms with van der Waals surface area (Å²) in [7, 11) is -8.26. The molecule has 4 aromatic carbocycles. The molecular formula is C30H33N5O8S2. The molecule has 4 N–H and O–H groups in total. The molecule has 0 aliphatic carbocycles. The summed E-state index contributed by atoms with van der Waals surface area (Å²) in [5.74, 6) is -0.383. The first kappa shape index (κ1) is 33.5. The zero-order valence-electron chi connectivity index (χ0n) is 24.6. The van der Waals surface area contributed by atoms with E-state index in [0.29, 0.717) is 34.0 Å². The second-order valence-corrected chi connectivity index (χ2v) is 13.3. The van der Waals surface area contributed by atoms with Gasteiger partial charge in [-0.15, -0.1) is 5.11 Å². The van der Waals surface area contributed by atoms with Crippen LogP contribution in [0.1, 0.15) is 24.0 Å². The first-order valence-electron chi connectivity index (χ1n) is 13.8. The number of aryl methyl sites for hydroxylation is 2. The van der Waals surface area contributed by atoms with Crippen LogP contribution in [0.25, 0.3) is 10.8 Å². The molecule has 0 fully saturated rings. The molecule has 4 rings (SSSR count). The maximum absolute atomic E-state index is 11.2. The molecule has 4 aromatic rings. The Morgan fingerprint density at radius 2 is 1.18 bits per heavy atom. The minimum atomic E-state index is -4.15. The van der Waals surface area contributed by atoms with Crippen LogP contribution in [0.15, 0.2) is 87.2 Å². The monoisotopic (exact) mass is 655 g/mol. The van der Waals surface area contributed by atoms with E-state index in [1.54, 1.807) is 31.2 Å². The number of azo groups is 2. The van der Waals surface area contributed by atoms with E-state index < -0.39 is 31.7 Å². The number of benzene rings is 4. The fraction of sp³-hybridized carbons (Fsp3) is 0.267. The van der Waals surface area contributed by atoms with E-state index >= 15 is 0 Å². The smallest absolute Gasteiger partial charge is 0.264 e. The molecule has 0 saturated heterocycles. The van der Waals surface area contributed by atoms with Gasteiger partial charge in [-0.05, 0) is 72.9 Å². The van der Waals surface area contributed by atoms with E-state index in [1.807, 2.05) is 49.4 Å². The zero-order chi connectivity index (χ0) is 32.6. The number of fused-ring (bicyclic) bond motifs is 1. The summed E-state index contributed by atoms with van der Waals surface area (Å²) in [5, 5.41) is 19.6. The van der Waals surface area contributed by atoms with Gasteiger partial charge in [-0.3, -0.25) is 9.11 Å². The van der Waals surface area contributed by atoms with Gasteiger partial charge in [0, 0.05) is 12.1 Å². The molecule has 0 amide bonds. The van der Waals surface area contributed by atoms with E-state index in [2.05, 4.69) is 20.5 Å². The Bertz CT molecular complexity index is 1960. The zero-order valence-corrected chi connectivity index (χ0v) is 26.3. The molecule has 0 unspecified atom stereocenters. The van der Waals surface area contributed by atoms with E-state index in [1.165, 1.54) is 0 Å². The minimum absolute atomic E-state index is 0.000399. The summed E-state index contributed by atoms with van der Waals surface area (Å²) in [6.45, 7) is 3.57. The van der Waals surface area contributed by atoms with Crippen molar-refractivity contribution < 1.29 is 35.4 Å². The minimum Gasteiger partial charge on any atom is -0.491 e. The highest BCUT2D eigenvalue weighted by Gasteiger charge is 2.13. The Morgan fingerprint density at radius 1 is 0.644 bits per heavy atom. The summed E-state index contributed by atoms with van der Waals surface area (Å²) < 4.78 is 73.7. The van der Waals surface area contributed by atoms with Crippen LogP contribution in [0.4, 0.5) is 28.4 Å². The van der Waals surface area contributed by atoms with E-state index in [4.69, 9.17) is 24.3 Å². The van der Waals surface area contributed by atoms with Crippen molar-refractivity contribution >= 4 is 59.4 Å². The quantitative estimate of drug-likeness (QED) is 0.0544. The molecule has 0 heterocycles. The van der Waals surface area contributed by atoms with E-state index in [0.717, 1.165) is 16.3 Å². The number of hydrogen-bond donors (Lipinski definition) is 3. The fourth-order valence-electron chi connectivity index (χ4n) is 4.20. The summed E-state index contributed by atoms with van der Waals surface area (Å²) in [6, 6.07) is 20.2. The molecule has 0 spiro atoms. The van der Waals surface area contributed by atoms with Gasteiger partial charge in [0.1, 0.15) is 17.2 Å². The van der Waals surface area contributed by atoms with Crippen LogP contribution in [0, 0.1) is 13.8 Å². The Hall–Kier alpha value is -4.44. The van der Waals surface area contributed by atoms with Crippen molar-refractivity contribution in [3.8, 4) is 11.5 Å². The van der Waals surface area contributed by atoms with Crippen LogP contribution in [0.3, 0.4) is 0 Å². The standard InChI is InChI=1S/C30H33N5O8S2/c1-20-15-25(31)29(42-11-5-13-44(36,37)38)18-26(20)34-35-28-16-21(2)27(19-30(28)43-12-6-14-45(39,40)41)33-32-24-10-9-22-7-3-4-8-23(22)17-24/h3-4,7-10,15-19H,5-6,11-14,31H2,1-2H3,(H,36,37,38)(H,39,40,41). The molecule has 0 radical (unpaired) electrons. The lowest BCUT2D eigenvalue weighted by Crippen LogP contribution is -2.09. The lowest BCUT2D eigenvalue weighted by molar-refractivity contribution is 0.317. The SMILES string of the molecule is Cc1cc(N=Nc2cc(OCCCS(=O)(=O)O)c(N)cc2C)c(OCCCS(=O)(=O)O)cc1N=Nc1ccc2ccccc2c1. The van der Waals surface area contributed by atoms with Crippen molar-refractivity contribution in [2.75, 3.05) is 30.5 Å². The number of rotatable bonds is 14. The van der Waals surface area contributed by atoms with E-state index in [-0.39, 0.29) is 37.6 Å². The fourth-order valence-corrected chi connectivity index (χ4v) is 5.17. The largest absolute Gasteiger partial charge is 0.491 e. The number of nitrogen functional groups attached to an aromatic ring is 1. The highest BCUT2D eigenvalue weighted by molar-refractivity contribution is 7.86. The average Bonchev–Trinajstić information content (AvgIpc) is 2.96. The van der Waals surface area contributed by atoms with Gasteiger partial charge in [0.15, 0.2) is 0 Å². The topological polar surface area (TPSA) is 203 Å². The highest BCUT2D eigenvalue weighted by atomic mass is 32.2. The molecular weight excluding hydrogens is 622 g/mol. The average molecular weight is 656 g/mol. The van der Waals surface area contributed by atoms with E-state index in [9.17, 15) is 16.8 Å². The molecule has 13 nitrogen and oxygen atoms in total. The molecule has 0 aliphatic rings. The lowest BCUT2D eigenvalue weighted by atomic mass is 10.1. The van der Waals surface area contributed by atoms with Crippen molar-refractivity contribution in [2.24, 2.45) is 20.5 Å². The van der Waals surface area contributed by atoms with Crippen LogP contribution in [-0.2, 0) is 20.2 Å². The van der Waals surface area contributed by atoms with Crippen molar-refractivity contribution in [1.29, 1.82) is 0 Å².